The first-order valence-electron chi connectivity index (χ1n) is 17.3. The summed E-state index contributed by atoms with van der Waals surface area (Å²) < 4.78 is 2.44. The molecular weight excluding hydrogens is 720 g/mol. The number of aromatic nitrogens is 8. The Morgan fingerprint density at radius 2 is 1.11 bits per heavy atom. The minimum absolute atomic E-state index is 0. The molecule has 304 valence electrons. The number of carbonyl (C=O) groups excluding carboxylic acids is 2. The van der Waals surface area contributed by atoms with E-state index in [9.17, 15) is 33.9 Å². The summed E-state index contributed by atoms with van der Waals surface area (Å²) >= 11 is 0. The average molecular weight is 773 g/mol. The van der Waals surface area contributed by atoms with Crippen molar-refractivity contribution in [3.8, 4) is 0 Å². The van der Waals surface area contributed by atoms with Gasteiger partial charge in [0.05, 0.1) is 12.0 Å². The lowest BCUT2D eigenvalue weighted by Gasteiger charge is -2.20. The zero-order chi connectivity index (χ0) is 39.9. The number of nitrogen functional groups attached to an aromatic ring is 2. The molecule has 4 aromatic rings. The van der Waals surface area contributed by atoms with E-state index >= 15 is 0 Å². The molecule has 0 fully saturated rings. The second-order valence-electron chi connectivity index (χ2n) is 12.1. The topological polar surface area (TPSA) is 371 Å². The highest BCUT2D eigenvalue weighted by atomic mass is 16.4. The molecule has 0 saturated carbocycles. The van der Waals surface area contributed by atoms with Crippen molar-refractivity contribution >= 4 is 57.4 Å². The van der Waals surface area contributed by atoms with Gasteiger partial charge >= 0.3 is 11.4 Å². The van der Waals surface area contributed by atoms with E-state index < -0.39 is 34.5 Å². The predicted octanol–water partition coefficient (Wildman–Crippen LogP) is -3.83. The van der Waals surface area contributed by atoms with Gasteiger partial charge in [0.25, 0.3) is 11.1 Å². The predicted molar refractivity (Wildman–Crippen MR) is 208 cm³/mol. The molecule has 0 radical (unpaired) electrons. The third kappa shape index (κ3) is 12.1. The van der Waals surface area contributed by atoms with Gasteiger partial charge < -0.3 is 61.5 Å². The number of nitrogens with two attached hydrogens (primary N) is 4. The van der Waals surface area contributed by atoms with E-state index in [4.69, 9.17) is 22.9 Å². The molecule has 4 heterocycles. The van der Waals surface area contributed by atoms with Crippen molar-refractivity contribution in [3.05, 3.63) is 49.1 Å². The standard InChI is InChI=1S/C16H26N8O3.C15H24N8O4.CH3/c1-9(25)10(5-3-4-6-17)20-7-8-24-13-11(12(18)21-16(24)27)14(26)23-15(19-2)22-13;1-18-14-21-11-9(12(24)22-14)10(17)20-15(27)23(11)7-6-19-8(13(25)26)4-2-3-5-16;/h10,20H,3-8,17H2,1-2H3,(H2,18,21,27)(H2,19,22,23,26);8,19H,2-7,16H2,1H3,(H,25,26)(H2,17,20,27)(H2,18,21,22,24);1H3/q;;-1/p-1. The van der Waals surface area contributed by atoms with Crippen molar-refractivity contribution in [2.24, 2.45) is 11.5 Å². The molecule has 4 rings (SSSR count). The van der Waals surface area contributed by atoms with Crippen molar-refractivity contribution in [2.75, 3.05) is 62.4 Å². The van der Waals surface area contributed by atoms with Crippen molar-refractivity contribution in [1.29, 1.82) is 0 Å². The first kappa shape index (κ1) is 45.4. The summed E-state index contributed by atoms with van der Waals surface area (Å²) in [6, 6.07) is -1.19. The Morgan fingerprint density at radius 1 is 0.709 bits per heavy atom. The molecule has 0 aliphatic rings. The number of hydrogen-bond donors (Lipinski definition) is 10. The Hall–Kier alpha value is -5.78. The van der Waals surface area contributed by atoms with Gasteiger partial charge in [-0.15, -0.1) is 0 Å². The Morgan fingerprint density at radius 3 is 1.47 bits per heavy atom. The Kier molecular flexibility index (Phi) is 18.0. The fourth-order valence-electron chi connectivity index (χ4n) is 5.47. The summed E-state index contributed by atoms with van der Waals surface area (Å²) in [5.74, 6) is -1.22. The molecule has 14 N–H and O–H groups in total. The number of anilines is 4. The van der Waals surface area contributed by atoms with Gasteiger partial charge in [-0.25, -0.2) is 9.59 Å². The minimum Gasteiger partial charge on any atom is -0.548 e. The number of carbonyl (C=O) groups is 2. The summed E-state index contributed by atoms with van der Waals surface area (Å²) in [5.41, 5.74) is 20.2. The molecule has 0 spiro atoms. The molecule has 0 aromatic carbocycles. The van der Waals surface area contributed by atoms with Gasteiger partial charge in [0.15, 0.2) is 11.3 Å². The van der Waals surface area contributed by atoms with Crippen LogP contribution in [-0.2, 0) is 22.7 Å². The van der Waals surface area contributed by atoms with Gasteiger partial charge in [-0.3, -0.25) is 33.5 Å². The normalized spacial score (nSPS) is 12.0. The van der Waals surface area contributed by atoms with Crippen LogP contribution in [0.1, 0.15) is 45.4 Å². The lowest BCUT2D eigenvalue weighted by Crippen LogP contribution is -2.47. The van der Waals surface area contributed by atoms with Crippen LogP contribution in [0.4, 0.5) is 23.5 Å². The van der Waals surface area contributed by atoms with Gasteiger partial charge in [0.2, 0.25) is 11.9 Å². The number of carboxylic acid groups (broad SMARTS) is 1. The first-order valence-corrected chi connectivity index (χ1v) is 17.3. The minimum atomic E-state index is -1.23. The van der Waals surface area contributed by atoms with E-state index in [1.807, 2.05) is 0 Å². The molecule has 0 bridgehead atoms. The highest BCUT2D eigenvalue weighted by Gasteiger charge is 2.18. The molecule has 2 unspecified atom stereocenters. The van der Waals surface area contributed by atoms with Gasteiger partial charge in [0, 0.05) is 46.3 Å². The van der Waals surface area contributed by atoms with E-state index in [0.29, 0.717) is 45.3 Å². The van der Waals surface area contributed by atoms with Crippen molar-refractivity contribution in [2.45, 2.75) is 70.6 Å². The van der Waals surface area contributed by atoms with E-state index in [1.54, 1.807) is 14.1 Å². The summed E-state index contributed by atoms with van der Waals surface area (Å²) in [6.07, 6.45) is 4.05. The van der Waals surface area contributed by atoms with Crippen LogP contribution in [-0.4, -0.2) is 103 Å². The van der Waals surface area contributed by atoms with Gasteiger partial charge in [-0.05, 0) is 45.7 Å². The Balaban J connectivity index is 0.000000373. The van der Waals surface area contributed by atoms with Crippen molar-refractivity contribution < 1.29 is 14.7 Å². The molecule has 4 aromatic heterocycles. The number of fused-ring (bicyclic) bond motifs is 2. The molecule has 55 heavy (non-hydrogen) atoms. The highest BCUT2D eigenvalue weighted by Crippen LogP contribution is 2.13. The number of rotatable bonds is 20. The van der Waals surface area contributed by atoms with Crippen LogP contribution < -0.4 is 71.8 Å². The SMILES string of the molecule is CNc1nc2c(c(N)nc(=O)n2CCNC(CCCCN)C(=O)[O-])c(=O)[nH]1.CNc1nc2c(c(N)nc(=O)n2CCNC(CCCCN)C(C)=O)c(=O)[nH]1.[CH3-]. The number of nitrogens with one attached hydrogen (secondary N) is 6. The number of unbranched alkanes of at least 4 members (excludes halogenated alkanes) is 2. The van der Waals surface area contributed by atoms with E-state index in [2.05, 4.69) is 51.2 Å². The lowest BCUT2D eigenvalue weighted by molar-refractivity contribution is -0.308. The summed E-state index contributed by atoms with van der Waals surface area (Å²) in [4.78, 5) is 92.7. The van der Waals surface area contributed by atoms with Crippen LogP contribution >= 0.6 is 0 Å². The average Bonchev–Trinajstić information content (AvgIpc) is 3.12. The Bertz CT molecular complexity index is 1990. The maximum Gasteiger partial charge on any atom is 0.351 e. The first-order chi connectivity index (χ1) is 25.8. The summed E-state index contributed by atoms with van der Waals surface area (Å²) in [7, 11) is 3.15. The fourth-order valence-corrected chi connectivity index (χ4v) is 5.47. The summed E-state index contributed by atoms with van der Waals surface area (Å²) in [5, 5.41) is 22.7. The van der Waals surface area contributed by atoms with E-state index in [0.717, 1.165) is 12.8 Å². The number of nitrogens with zero attached hydrogens (tertiary/aromatic N) is 6. The van der Waals surface area contributed by atoms with Gasteiger partial charge in [-0.1, -0.05) is 12.8 Å². The number of H-pyrrole nitrogens is 2. The number of aromatic amines is 2. The van der Waals surface area contributed by atoms with Crippen LogP contribution in [0.25, 0.3) is 22.1 Å². The maximum atomic E-state index is 12.3. The maximum absolute atomic E-state index is 12.3. The number of ketones is 1. The summed E-state index contributed by atoms with van der Waals surface area (Å²) in [6.45, 7) is 3.27. The molecule has 23 nitrogen and oxygen atoms in total. The van der Waals surface area contributed by atoms with Gasteiger partial charge in [-0.2, -0.15) is 19.9 Å². The number of hydrogen-bond acceptors (Lipinski definition) is 19. The fraction of sp³-hybridized carbons (Fsp3) is 0.531. The molecule has 2 atom stereocenters. The lowest BCUT2D eigenvalue weighted by atomic mass is 10.1. The van der Waals surface area contributed by atoms with Crippen LogP contribution in [0.5, 0.6) is 0 Å². The van der Waals surface area contributed by atoms with Crippen LogP contribution in [0, 0.1) is 7.43 Å². The monoisotopic (exact) mass is 772 g/mol. The molecular formula is C32H52N16O7-2. The highest BCUT2D eigenvalue weighted by molar-refractivity contribution is 5.86. The van der Waals surface area contributed by atoms with Crippen LogP contribution in [0.2, 0.25) is 0 Å². The number of carboxylic acids is 1. The zero-order valence-corrected chi connectivity index (χ0v) is 31.5. The second-order valence-corrected chi connectivity index (χ2v) is 12.1. The number of Topliss-reactive ketones (excluding diaryl/α,β-unsaturated/α-hetero) is 1. The van der Waals surface area contributed by atoms with Crippen LogP contribution in [0.3, 0.4) is 0 Å². The quantitative estimate of drug-likeness (QED) is 0.0304. The number of aliphatic carboxylic acids is 1. The van der Waals surface area contributed by atoms with E-state index in [1.165, 1.54) is 16.1 Å². The molecule has 23 heteroatoms. The smallest absolute Gasteiger partial charge is 0.351 e. The van der Waals surface area contributed by atoms with E-state index in [-0.39, 0.29) is 84.5 Å². The van der Waals surface area contributed by atoms with Crippen molar-refractivity contribution in [3.63, 3.8) is 0 Å². The molecule has 0 aliphatic carbocycles. The largest absolute Gasteiger partial charge is 0.548 e. The van der Waals surface area contributed by atoms with Crippen LogP contribution in [0.15, 0.2) is 19.2 Å². The van der Waals surface area contributed by atoms with Gasteiger partial charge in [0.1, 0.15) is 28.2 Å². The Labute approximate surface area is 315 Å². The molecule has 0 amide bonds. The molecule has 0 aliphatic heterocycles. The second kappa shape index (κ2) is 21.8. The molecule has 0 saturated heterocycles. The third-order valence-electron chi connectivity index (χ3n) is 8.31. The third-order valence-corrected chi connectivity index (χ3v) is 8.31. The van der Waals surface area contributed by atoms with Crippen molar-refractivity contribution in [1.82, 2.24) is 49.7 Å². The zero-order valence-electron chi connectivity index (χ0n) is 31.5.